The number of amides is 1. The van der Waals surface area contributed by atoms with E-state index in [-0.39, 0.29) is 0 Å². The topological polar surface area (TPSA) is 32.3 Å². The third-order valence-electron chi connectivity index (χ3n) is 4.95. The summed E-state index contributed by atoms with van der Waals surface area (Å²) in [6, 6.07) is 0. The van der Waals surface area contributed by atoms with Crippen molar-refractivity contribution < 1.29 is 4.79 Å². The molecule has 1 heterocycles. The van der Waals surface area contributed by atoms with Crippen molar-refractivity contribution in [3.05, 3.63) is 0 Å². The quantitative estimate of drug-likeness (QED) is 0.830. The molecule has 3 nitrogen and oxygen atoms in total. The van der Waals surface area contributed by atoms with E-state index in [0.29, 0.717) is 11.8 Å². The smallest absolute Gasteiger partial charge is 0.222 e. The van der Waals surface area contributed by atoms with Crippen molar-refractivity contribution in [2.45, 2.75) is 57.8 Å². The summed E-state index contributed by atoms with van der Waals surface area (Å²) in [4.78, 5) is 14.2. The van der Waals surface area contributed by atoms with E-state index < -0.39 is 0 Å². The molecule has 0 atom stereocenters. The van der Waals surface area contributed by atoms with Crippen molar-refractivity contribution >= 4 is 5.91 Å². The predicted octanol–water partition coefficient (Wildman–Crippen LogP) is 2.80. The van der Waals surface area contributed by atoms with Gasteiger partial charge in [-0.3, -0.25) is 4.79 Å². The zero-order valence-corrected chi connectivity index (χ0v) is 12.5. The maximum atomic E-state index is 12.2. The van der Waals surface area contributed by atoms with Crippen LogP contribution in [0.15, 0.2) is 0 Å². The van der Waals surface area contributed by atoms with Crippen LogP contribution in [0.2, 0.25) is 0 Å². The molecule has 1 aliphatic carbocycles. The third-order valence-corrected chi connectivity index (χ3v) is 4.95. The molecule has 0 unspecified atom stereocenters. The largest absolute Gasteiger partial charge is 0.346 e. The molecule has 19 heavy (non-hydrogen) atoms. The minimum Gasteiger partial charge on any atom is -0.346 e. The molecular weight excluding hydrogens is 236 g/mol. The first kappa shape index (κ1) is 14.8. The van der Waals surface area contributed by atoms with Gasteiger partial charge in [-0.05, 0) is 44.2 Å². The Morgan fingerprint density at radius 2 is 1.74 bits per heavy atom. The molecule has 1 saturated carbocycles. The van der Waals surface area contributed by atoms with Crippen molar-refractivity contribution in [3.8, 4) is 0 Å². The van der Waals surface area contributed by atoms with Crippen LogP contribution in [0.3, 0.4) is 0 Å². The van der Waals surface area contributed by atoms with Crippen LogP contribution in [-0.4, -0.2) is 37.5 Å². The average Bonchev–Trinajstić information content (AvgIpc) is 2.47. The number of hydrogen-bond donors (Lipinski definition) is 1. The normalized spacial score (nSPS) is 22.4. The first-order valence-corrected chi connectivity index (χ1v) is 8.20. The van der Waals surface area contributed by atoms with E-state index in [4.69, 9.17) is 0 Å². The van der Waals surface area contributed by atoms with Crippen molar-refractivity contribution in [2.75, 3.05) is 26.7 Å². The fourth-order valence-electron chi connectivity index (χ4n) is 3.47. The highest BCUT2D eigenvalue weighted by molar-refractivity contribution is 5.76. The highest BCUT2D eigenvalue weighted by atomic mass is 16.2. The minimum absolute atomic E-state index is 0.364. The highest BCUT2D eigenvalue weighted by Crippen LogP contribution is 2.26. The van der Waals surface area contributed by atoms with Crippen LogP contribution in [0.25, 0.3) is 0 Å². The molecule has 1 aliphatic heterocycles. The fraction of sp³-hybridized carbons (Fsp3) is 0.938. The second kappa shape index (κ2) is 7.88. The standard InChI is InChI=1S/C16H30N2O/c1-18(12-9-14-5-3-2-4-6-14)16(19)13-15-7-10-17-11-8-15/h14-15,17H,2-13H2,1H3. The molecular formula is C16H30N2O. The zero-order chi connectivity index (χ0) is 13.5. The molecule has 1 amide bonds. The van der Waals surface area contributed by atoms with Crippen LogP contribution in [0.5, 0.6) is 0 Å². The lowest BCUT2D eigenvalue weighted by atomic mass is 9.87. The Kier molecular flexibility index (Phi) is 6.15. The van der Waals surface area contributed by atoms with Gasteiger partial charge in [-0.1, -0.05) is 32.1 Å². The maximum absolute atomic E-state index is 12.2. The van der Waals surface area contributed by atoms with Crippen LogP contribution >= 0.6 is 0 Å². The van der Waals surface area contributed by atoms with Crippen LogP contribution in [0.4, 0.5) is 0 Å². The SMILES string of the molecule is CN(CCC1CCCCC1)C(=O)CC1CCNCC1. The Labute approximate surface area is 118 Å². The van der Waals surface area contributed by atoms with E-state index in [2.05, 4.69) is 5.32 Å². The van der Waals surface area contributed by atoms with Gasteiger partial charge in [0.25, 0.3) is 0 Å². The molecule has 3 heteroatoms. The third kappa shape index (κ3) is 5.13. The Balaban J connectivity index is 1.63. The van der Waals surface area contributed by atoms with Crippen molar-refractivity contribution in [3.63, 3.8) is 0 Å². The summed E-state index contributed by atoms with van der Waals surface area (Å²) >= 11 is 0. The summed E-state index contributed by atoms with van der Waals surface area (Å²) in [6.07, 6.45) is 11.3. The lowest BCUT2D eigenvalue weighted by Gasteiger charge is -2.27. The summed E-state index contributed by atoms with van der Waals surface area (Å²) in [5, 5.41) is 3.36. The molecule has 0 aromatic rings. The van der Waals surface area contributed by atoms with E-state index in [1.54, 1.807) is 0 Å². The number of carbonyl (C=O) groups excluding carboxylic acids is 1. The first-order chi connectivity index (χ1) is 9.25. The summed E-state index contributed by atoms with van der Waals surface area (Å²) in [6.45, 7) is 3.14. The van der Waals surface area contributed by atoms with Crippen LogP contribution in [0, 0.1) is 11.8 Å². The molecule has 2 rings (SSSR count). The Bertz CT molecular complexity index is 268. The average molecular weight is 266 g/mol. The van der Waals surface area contributed by atoms with Gasteiger partial charge in [-0.2, -0.15) is 0 Å². The van der Waals surface area contributed by atoms with E-state index >= 15 is 0 Å². The van der Waals surface area contributed by atoms with Crippen LogP contribution < -0.4 is 5.32 Å². The molecule has 2 fully saturated rings. The molecule has 0 radical (unpaired) electrons. The van der Waals surface area contributed by atoms with Gasteiger partial charge < -0.3 is 10.2 Å². The molecule has 0 spiro atoms. The summed E-state index contributed by atoms with van der Waals surface area (Å²) in [5.74, 6) is 1.86. The second-order valence-electron chi connectivity index (χ2n) is 6.51. The molecule has 1 N–H and O–H groups in total. The molecule has 0 aromatic carbocycles. The van der Waals surface area contributed by atoms with E-state index in [1.807, 2.05) is 11.9 Å². The Hall–Kier alpha value is -0.570. The van der Waals surface area contributed by atoms with Gasteiger partial charge in [-0.15, -0.1) is 0 Å². The van der Waals surface area contributed by atoms with E-state index in [0.717, 1.165) is 32.0 Å². The molecule has 0 bridgehead atoms. The van der Waals surface area contributed by atoms with Gasteiger partial charge in [0.05, 0.1) is 0 Å². The lowest BCUT2D eigenvalue weighted by Crippen LogP contribution is -2.34. The molecule has 0 aromatic heterocycles. The van der Waals surface area contributed by atoms with Crippen molar-refractivity contribution in [1.29, 1.82) is 0 Å². The predicted molar refractivity (Wildman–Crippen MR) is 79.0 cm³/mol. The van der Waals surface area contributed by atoms with Gasteiger partial charge in [0, 0.05) is 20.0 Å². The fourth-order valence-corrected chi connectivity index (χ4v) is 3.47. The number of hydrogen-bond acceptors (Lipinski definition) is 2. The van der Waals surface area contributed by atoms with Crippen LogP contribution in [-0.2, 0) is 4.79 Å². The highest BCUT2D eigenvalue weighted by Gasteiger charge is 2.20. The zero-order valence-electron chi connectivity index (χ0n) is 12.5. The van der Waals surface area contributed by atoms with Gasteiger partial charge in [0.2, 0.25) is 5.91 Å². The number of nitrogens with one attached hydrogen (secondary N) is 1. The molecule has 1 saturated heterocycles. The Morgan fingerprint density at radius 1 is 1.05 bits per heavy atom. The van der Waals surface area contributed by atoms with Gasteiger partial charge in [0.15, 0.2) is 0 Å². The number of nitrogens with zero attached hydrogens (tertiary/aromatic N) is 1. The number of piperidine rings is 1. The second-order valence-corrected chi connectivity index (χ2v) is 6.51. The van der Waals surface area contributed by atoms with Gasteiger partial charge >= 0.3 is 0 Å². The number of rotatable bonds is 5. The lowest BCUT2D eigenvalue weighted by molar-refractivity contribution is -0.131. The summed E-state index contributed by atoms with van der Waals surface area (Å²) < 4.78 is 0. The monoisotopic (exact) mass is 266 g/mol. The maximum Gasteiger partial charge on any atom is 0.222 e. The van der Waals surface area contributed by atoms with Crippen LogP contribution in [0.1, 0.15) is 57.8 Å². The Morgan fingerprint density at radius 3 is 2.42 bits per heavy atom. The summed E-state index contributed by atoms with van der Waals surface area (Å²) in [5.41, 5.74) is 0. The van der Waals surface area contributed by atoms with Gasteiger partial charge in [-0.25, -0.2) is 0 Å². The minimum atomic E-state index is 0.364. The van der Waals surface area contributed by atoms with E-state index in [1.165, 1.54) is 51.4 Å². The van der Waals surface area contributed by atoms with Crippen molar-refractivity contribution in [2.24, 2.45) is 11.8 Å². The molecule has 2 aliphatic rings. The van der Waals surface area contributed by atoms with Crippen molar-refractivity contribution in [1.82, 2.24) is 10.2 Å². The number of carbonyl (C=O) groups is 1. The van der Waals surface area contributed by atoms with E-state index in [9.17, 15) is 4.79 Å². The molecule has 110 valence electrons. The summed E-state index contributed by atoms with van der Waals surface area (Å²) in [7, 11) is 1.99. The first-order valence-electron chi connectivity index (χ1n) is 8.20. The van der Waals surface area contributed by atoms with Gasteiger partial charge in [0.1, 0.15) is 0 Å².